The second kappa shape index (κ2) is 4.33. The van der Waals surface area contributed by atoms with Gasteiger partial charge in [0, 0.05) is 25.0 Å². The van der Waals surface area contributed by atoms with Crippen LogP contribution in [0, 0.1) is 0 Å². The third kappa shape index (κ3) is 3.01. The number of carbonyl (C=O) groups is 1. The van der Waals surface area contributed by atoms with Gasteiger partial charge in [0.2, 0.25) is 5.91 Å². The van der Waals surface area contributed by atoms with Gasteiger partial charge in [0.15, 0.2) is 0 Å². The van der Waals surface area contributed by atoms with Gasteiger partial charge in [0.25, 0.3) is 0 Å². The van der Waals surface area contributed by atoms with E-state index in [-0.39, 0.29) is 5.91 Å². The first-order valence-electron chi connectivity index (χ1n) is 3.71. The van der Waals surface area contributed by atoms with Crippen molar-refractivity contribution in [1.82, 2.24) is 5.32 Å². The Morgan fingerprint density at radius 3 is 3.25 bits per heavy atom. The molecule has 1 aliphatic rings. The lowest BCUT2D eigenvalue weighted by molar-refractivity contribution is -0.117. The second-order valence-electron chi connectivity index (χ2n) is 2.41. The molecule has 3 N–H and O–H groups in total. The largest absolute Gasteiger partial charge is 0.370 e. The number of nitrogens with zero attached hydrogens (tertiary/aromatic N) is 1. The Kier molecular flexibility index (Phi) is 3.07. The van der Waals surface area contributed by atoms with Crippen LogP contribution in [0.3, 0.4) is 0 Å². The first-order valence-corrected chi connectivity index (χ1v) is 3.71. The molecule has 1 heterocycles. The van der Waals surface area contributed by atoms with Crippen LogP contribution >= 0.6 is 0 Å². The lowest BCUT2D eigenvalue weighted by atomic mass is 10.2. The molecule has 0 atom stereocenters. The highest BCUT2D eigenvalue weighted by Crippen LogP contribution is 2.05. The Balaban J connectivity index is 2.42. The van der Waals surface area contributed by atoms with Gasteiger partial charge in [-0.25, -0.2) is 0 Å². The van der Waals surface area contributed by atoms with Crippen molar-refractivity contribution < 1.29 is 4.79 Å². The molecule has 0 aromatic heterocycles. The van der Waals surface area contributed by atoms with E-state index in [0.717, 1.165) is 5.70 Å². The van der Waals surface area contributed by atoms with E-state index in [4.69, 9.17) is 5.73 Å². The molecular weight excluding hydrogens is 154 g/mol. The third-order valence-electron chi connectivity index (χ3n) is 1.40. The molecule has 0 saturated heterocycles. The molecular formula is C8H11N3O. The Morgan fingerprint density at radius 2 is 2.50 bits per heavy atom. The number of primary amides is 1. The summed E-state index contributed by atoms with van der Waals surface area (Å²) in [6.07, 6.45) is 7.90. The highest BCUT2D eigenvalue weighted by atomic mass is 16.1. The molecule has 1 aliphatic heterocycles. The third-order valence-corrected chi connectivity index (χ3v) is 1.40. The standard InChI is InChI=1S/C8H11N3O/c9-8(12)3-2-7-6-10-4-1-5-11-7/h1,4-6,10H,2-3H2,(H2,9,12). The van der Waals surface area contributed by atoms with Crippen LogP contribution < -0.4 is 11.1 Å². The molecule has 0 unspecified atom stereocenters. The first-order chi connectivity index (χ1) is 5.79. The quantitative estimate of drug-likeness (QED) is 0.630. The molecule has 0 radical (unpaired) electrons. The summed E-state index contributed by atoms with van der Waals surface area (Å²) in [5.41, 5.74) is 5.83. The zero-order chi connectivity index (χ0) is 8.81. The van der Waals surface area contributed by atoms with Crippen molar-refractivity contribution in [3.63, 3.8) is 0 Å². The Morgan fingerprint density at radius 1 is 1.67 bits per heavy atom. The van der Waals surface area contributed by atoms with Crippen LogP contribution in [-0.2, 0) is 4.79 Å². The number of rotatable bonds is 3. The van der Waals surface area contributed by atoms with Crippen LogP contribution in [0.2, 0.25) is 0 Å². The smallest absolute Gasteiger partial charge is 0.217 e. The zero-order valence-electron chi connectivity index (χ0n) is 6.66. The summed E-state index contributed by atoms with van der Waals surface area (Å²) < 4.78 is 0. The number of allylic oxidation sites excluding steroid dienone is 2. The predicted molar refractivity (Wildman–Crippen MR) is 47.3 cm³/mol. The molecule has 1 amide bonds. The topological polar surface area (TPSA) is 67.5 Å². The molecule has 0 spiro atoms. The SMILES string of the molecule is NC(=O)CCC1=CNC=CC=N1. The Hall–Kier alpha value is -1.58. The van der Waals surface area contributed by atoms with Crippen LogP contribution in [0.15, 0.2) is 29.2 Å². The summed E-state index contributed by atoms with van der Waals surface area (Å²) in [5, 5.41) is 2.90. The van der Waals surface area contributed by atoms with Crippen LogP contribution in [0.5, 0.6) is 0 Å². The van der Waals surface area contributed by atoms with Crippen molar-refractivity contribution in [2.45, 2.75) is 12.8 Å². The summed E-state index contributed by atoms with van der Waals surface area (Å²) in [6, 6.07) is 0. The maximum Gasteiger partial charge on any atom is 0.217 e. The van der Waals surface area contributed by atoms with Gasteiger partial charge in [-0.3, -0.25) is 9.79 Å². The number of aliphatic imine (C=N–C) groups is 1. The average Bonchev–Trinajstić information content (AvgIpc) is 2.28. The maximum absolute atomic E-state index is 10.4. The number of nitrogens with one attached hydrogen (secondary N) is 1. The number of nitrogens with two attached hydrogens (primary N) is 1. The van der Waals surface area contributed by atoms with Crippen molar-refractivity contribution in [3.8, 4) is 0 Å². The first kappa shape index (κ1) is 8.52. The van der Waals surface area contributed by atoms with Crippen LogP contribution in [0.1, 0.15) is 12.8 Å². The van der Waals surface area contributed by atoms with Crippen molar-refractivity contribution >= 4 is 12.1 Å². The fourth-order valence-corrected chi connectivity index (χ4v) is 0.807. The summed E-state index contributed by atoms with van der Waals surface area (Å²) in [4.78, 5) is 14.5. The summed E-state index contributed by atoms with van der Waals surface area (Å²) in [7, 11) is 0. The number of hydrogen-bond acceptors (Lipinski definition) is 3. The van der Waals surface area contributed by atoms with Crippen LogP contribution in [0.25, 0.3) is 0 Å². The van der Waals surface area contributed by atoms with Crippen molar-refractivity contribution in [3.05, 3.63) is 24.2 Å². The van der Waals surface area contributed by atoms with Crippen LogP contribution in [-0.4, -0.2) is 12.1 Å². The van der Waals surface area contributed by atoms with Gasteiger partial charge in [-0.05, 0) is 12.5 Å². The monoisotopic (exact) mass is 165 g/mol. The number of amides is 1. The molecule has 64 valence electrons. The average molecular weight is 165 g/mol. The van der Waals surface area contributed by atoms with Crippen molar-refractivity contribution in [2.75, 3.05) is 0 Å². The van der Waals surface area contributed by atoms with E-state index in [0.29, 0.717) is 12.8 Å². The number of carbonyl (C=O) groups excluding carboxylic acids is 1. The van der Waals surface area contributed by atoms with E-state index in [1.807, 2.05) is 0 Å². The van der Waals surface area contributed by atoms with Gasteiger partial charge in [-0.1, -0.05) is 0 Å². The van der Waals surface area contributed by atoms with Gasteiger partial charge in [0.1, 0.15) is 0 Å². The maximum atomic E-state index is 10.4. The minimum absolute atomic E-state index is 0.302. The molecule has 4 heteroatoms. The summed E-state index contributed by atoms with van der Waals surface area (Å²) in [6.45, 7) is 0. The van der Waals surface area contributed by atoms with Gasteiger partial charge in [-0.15, -0.1) is 0 Å². The molecule has 0 aliphatic carbocycles. The molecule has 0 bridgehead atoms. The van der Waals surface area contributed by atoms with Gasteiger partial charge in [-0.2, -0.15) is 0 Å². The van der Waals surface area contributed by atoms with Crippen molar-refractivity contribution in [1.29, 1.82) is 0 Å². The van der Waals surface area contributed by atoms with Crippen LogP contribution in [0.4, 0.5) is 0 Å². The summed E-state index contributed by atoms with van der Waals surface area (Å²) in [5.74, 6) is -0.302. The summed E-state index contributed by atoms with van der Waals surface area (Å²) >= 11 is 0. The Labute approximate surface area is 70.9 Å². The normalized spacial score (nSPS) is 14.8. The molecule has 4 nitrogen and oxygen atoms in total. The van der Waals surface area contributed by atoms with E-state index in [1.54, 1.807) is 24.7 Å². The zero-order valence-corrected chi connectivity index (χ0v) is 6.66. The van der Waals surface area contributed by atoms with Crippen molar-refractivity contribution in [2.24, 2.45) is 10.7 Å². The van der Waals surface area contributed by atoms with Gasteiger partial charge < -0.3 is 11.1 Å². The van der Waals surface area contributed by atoms with E-state index in [2.05, 4.69) is 10.3 Å². The fourth-order valence-electron chi connectivity index (χ4n) is 0.807. The fraction of sp³-hybridized carbons (Fsp3) is 0.250. The molecule has 1 rings (SSSR count). The molecule has 0 aromatic rings. The van der Waals surface area contributed by atoms with E-state index in [1.165, 1.54) is 0 Å². The van der Waals surface area contributed by atoms with E-state index < -0.39 is 0 Å². The second-order valence-corrected chi connectivity index (χ2v) is 2.41. The minimum Gasteiger partial charge on any atom is -0.370 e. The minimum atomic E-state index is -0.302. The molecule has 0 saturated carbocycles. The van der Waals surface area contributed by atoms with E-state index >= 15 is 0 Å². The highest BCUT2D eigenvalue weighted by Gasteiger charge is 1.98. The molecule has 0 fully saturated rings. The van der Waals surface area contributed by atoms with Gasteiger partial charge >= 0.3 is 0 Å². The lowest BCUT2D eigenvalue weighted by Crippen LogP contribution is -2.10. The predicted octanol–water partition coefficient (Wildman–Crippen LogP) is 0.281. The van der Waals surface area contributed by atoms with E-state index in [9.17, 15) is 4.79 Å². The van der Waals surface area contributed by atoms with Gasteiger partial charge in [0.05, 0.1) is 5.70 Å². The Bertz CT molecular complexity index is 253. The highest BCUT2D eigenvalue weighted by molar-refractivity contribution is 5.75. The molecule has 0 aromatic carbocycles. The number of hydrogen-bond donors (Lipinski definition) is 2. The molecule has 12 heavy (non-hydrogen) atoms. The lowest BCUT2D eigenvalue weighted by Gasteiger charge is -1.97.